The first-order valence-electron chi connectivity index (χ1n) is 7.90. The molecule has 1 N–H and O–H groups in total. The Bertz CT molecular complexity index is 726. The van der Waals surface area contributed by atoms with Crippen LogP contribution in [0.15, 0.2) is 24.3 Å². The number of hydrogen-bond acceptors (Lipinski definition) is 5. The maximum absolute atomic E-state index is 12.4. The number of fused-ring (bicyclic) bond motifs is 1. The van der Waals surface area contributed by atoms with Crippen molar-refractivity contribution in [2.75, 3.05) is 26.2 Å². The van der Waals surface area contributed by atoms with Crippen LogP contribution < -0.4 is 5.32 Å². The quantitative estimate of drug-likeness (QED) is 0.935. The van der Waals surface area contributed by atoms with Crippen LogP contribution in [0.4, 0.5) is 4.79 Å². The number of rotatable bonds is 3. The van der Waals surface area contributed by atoms with Gasteiger partial charge in [0.1, 0.15) is 5.01 Å². The van der Waals surface area contributed by atoms with Crippen molar-refractivity contribution >= 4 is 33.5 Å². The van der Waals surface area contributed by atoms with Gasteiger partial charge < -0.3 is 5.32 Å². The van der Waals surface area contributed by atoms with Crippen LogP contribution in [-0.2, 0) is 4.79 Å². The van der Waals surface area contributed by atoms with Crippen LogP contribution in [0.3, 0.4) is 0 Å². The number of urea groups is 1. The number of thiazole rings is 1. The first-order chi connectivity index (χ1) is 11.2. The van der Waals surface area contributed by atoms with E-state index in [1.54, 1.807) is 11.3 Å². The zero-order valence-electron chi connectivity index (χ0n) is 12.7. The molecule has 0 saturated carbocycles. The lowest BCUT2D eigenvalue weighted by atomic mass is 10.2. The summed E-state index contributed by atoms with van der Waals surface area (Å²) in [5.41, 5.74) is 1.02. The average Bonchev–Trinajstić information content (AvgIpc) is 3.24. The highest BCUT2D eigenvalue weighted by Crippen LogP contribution is 2.36. The fourth-order valence-corrected chi connectivity index (χ4v) is 4.43. The van der Waals surface area contributed by atoms with Crippen LogP contribution in [0.2, 0.25) is 0 Å². The first-order valence-corrected chi connectivity index (χ1v) is 8.72. The molecule has 0 radical (unpaired) electrons. The predicted octanol–water partition coefficient (Wildman–Crippen LogP) is 1.99. The summed E-state index contributed by atoms with van der Waals surface area (Å²) in [5, 5.41) is 3.75. The van der Waals surface area contributed by atoms with Crippen molar-refractivity contribution in [3.05, 3.63) is 29.3 Å². The molecule has 7 heteroatoms. The first kappa shape index (κ1) is 14.6. The minimum Gasteiger partial charge on any atom is -0.336 e. The Kier molecular flexibility index (Phi) is 3.74. The molecule has 0 bridgehead atoms. The number of nitrogens with zero attached hydrogens (tertiary/aromatic N) is 3. The van der Waals surface area contributed by atoms with Crippen molar-refractivity contribution in [1.29, 1.82) is 0 Å². The number of hydrogen-bond donors (Lipinski definition) is 1. The summed E-state index contributed by atoms with van der Waals surface area (Å²) in [6, 6.07) is 8.02. The van der Waals surface area contributed by atoms with Gasteiger partial charge in [-0.2, -0.15) is 0 Å². The van der Waals surface area contributed by atoms with Crippen molar-refractivity contribution in [3.63, 3.8) is 0 Å². The number of likely N-dealkylation sites (tertiary alicyclic amines) is 1. The maximum atomic E-state index is 12.4. The molecule has 0 unspecified atom stereocenters. The van der Waals surface area contributed by atoms with Crippen molar-refractivity contribution in [1.82, 2.24) is 20.1 Å². The molecule has 2 aliphatic rings. The Morgan fingerprint density at radius 1 is 1.35 bits per heavy atom. The van der Waals surface area contributed by atoms with Crippen molar-refractivity contribution in [3.8, 4) is 0 Å². The molecule has 23 heavy (non-hydrogen) atoms. The summed E-state index contributed by atoms with van der Waals surface area (Å²) in [4.78, 5) is 32.2. The molecule has 4 rings (SSSR count). The molecule has 2 fully saturated rings. The Morgan fingerprint density at radius 3 is 3.00 bits per heavy atom. The smallest absolute Gasteiger partial charge is 0.324 e. The Hall–Kier alpha value is -1.99. The molecule has 2 aromatic rings. The van der Waals surface area contributed by atoms with E-state index in [1.807, 2.05) is 18.2 Å². The summed E-state index contributed by atoms with van der Waals surface area (Å²) in [5.74, 6) is -0.118. The number of benzene rings is 1. The molecular formula is C16H18N4O2S. The lowest BCUT2D eigenvalue weighted by Gasteiger charge is -2.23. The van der Waals surface area contributed by atoms with Crippen LogP contribution in [0.25, 0.3) is 10.2 Å². The van der Waals surface area contributed by atoms with E-state index in [4.69, 9.17) is 4.98 Å². The van der Waals surface area contributed by atoms with E-state index in [0.29, 0.717) is 13.1 Å². The molecule has 1 aromatic carbocycles. The molecular weight excluding hydrogens is 312 g/mol. The zero-order chi connectivity index (χ0) is 15.8. The second kappa shape index (κ2) is 5.90. The average molecular weight is 330 g/mol. The minimum atomic E-state index is -0.272. The summed E-state index contributed by atoms with van der Waals surface area (Å²) < 4.78 is 1.18. The van der Waals surface area contributed by atoms with E-state index in [-0.39, 0.29) is 24.5 Å². The van der Waals surface area contributed by atoms with Gasteiger partial charge in [0.2, 0.25) is 5.91 Å². The van der Waals surface area contributed by atoms with E-state index in [9.17, 15) is 9.59 Å². The molecule has 120 valence electrons. The van der Waals surface area contributed by atoms with Crippen LogP contribution in [-0.4, -0.2) is 52.9 Å². The standard InChI is InChI=1S/C16H18N4O2S/c21-14(20-9-7-17-16(20)22)10-19-8-3-5-12(19)15-18-11-4-1-2-6-13(11)23-15/h1-2,4,6,12H,3,5,7-10H2,(H,17,22)/t12-/m1/s1. The van der Waals surface area contributed by atoms with Crippen LogP contribution in [0, 0.1) is 0 Å². The van der Waals surface area contributed by atoms with Gasteiger partial charge in [-0.15, -0.1) is 11.3 Å². The Balaban J connectivity index is 1.52. The molecule has 3 heterocycles. The van der Waals surface area contributed by atoms with Crippen LogP contribution >= 0.6 is 11.3 Å². The fraction of sp³-hybridized carbons (Fsp3) is 0.438. The summed E-state index contributed by atoms with van der Waals surface area (Å²) in [6.07, 6.45) is 2.07. The van der Waals surface area contributed by atoms with Gasteiger partial charge in [-0.1, -0.05) is 12.1 Å². The number of nitrogens with one attached hydrogen (secondary N) is 1. The van der Waals surface area contributed by atoms with Gasteiger partial charge in [-0.05, 0) is 31.5 Å². The van der Waals surface area contributed by atoms with E-state index in [1.165, 1.54) is 9.60 Å². The van der Waals surface area contributed by atoms with E-state index in [2.05, 4.69) is 16.3 Å². The topological polar surface area (TPSA) is 65.5 Å². The van der Waals surface area contributed by atoms with Gasteiger partial charge >= 0.3 is 6.03 Å². The molecule has 2 saturated heterocycles. The molecule has 1 aromatic heterocycles. The third-order valence-electron chi connectivity index (χ3n) is 4.46. The maximum Gasteiger partial charge on any atom is 0.324 e. The van der Waals surface area contributed by atoms with E-state index < -0.39 is 0 Å². The van der Waals surface area contributed by atoms with Crippen LogP contribution in [0.1, 0.15) is 23.9 Å². The second-order valence-electron chi connectivity index (χ2n) is 5.93. The number of carbonyl (C=O) groups is 2. The predicted molar refractivity (Wildman–Crippen MR) is 88.3 cm³/mol. The Morgan fingerprint density at radius 2 is 2.22 bits per heavy atom. The highest BCUT2D eigenvalue weighted by molar-refractivity contribution is 7.18. The van der Waals surface area contributed by atoms with Crippen LogP contribution in [0.5, 0.6) is 0 Å². The minimum absolute atomic E-state index is 0.118. The number of para-hydroxylation sites is 1. The highest BCUT2D eigenvalue weighted by atomic mass is 32.1. The van der Waals surface area contributed by atoms with Crippen molar-refractivity contribution < 1.29 is 9.59 Å². The van der Waals surface area contributed by atoms with Gasteiger partial charge in [0, 0.05) is 13.1 Å². The third-order valence-corrected chi connectivity index (χ3v) is 5.59. The summed E-state index contributed by atoms with van der Waals surface area (Å²) >= 11 is 1.70. The largest absolute Gasteiger partial charge is 0.336 e. The molecule has 6 nitrogen and oxygen atoms in total. The van der Waals surface area contributed by atoms with Gasteiger partial charge in [0.05, 0.1) is 22.8 Å². The number of amides is 3. The molecule has 0 aliphatic carbocycles. The third kappa shape index (κ3) is 2.70. The SMILES string of the molecule is O=C(CN1CCC[C@@H]1c1nc2ccccc2s1)N1CCNC1=O. The Labute approximate surface area is 138 Å². The zero-order valence-corrected chi connectivity index (χ0v) is 13.5. The van der Waals surface area contributed by atoms with E-state index in [0.717, 1.165) is 29.9 Å². The molecule has 3 amide bonds. The number of imide groups is 1. The fourth-order valence-electron chi connectivity index (χ4n) is 3.30. The number of aromatic nitrogens is 1. The summed E-state index contributed by atoms with van der Waals surface area (Å²) in [7, 11) is 0. The second-order valence-corrected chi connectivity index (χ2v) is 6.99. The van der Waals surface area contributed by atoms with Crippen molar-refractivity contribution in [2.24, 2.45) is 0 Å². The normalized spacial score (nSPS) is 22.0. The molecule has 0 spiro atoms. The van der Waals surface area contributed by atoms with E-state index >= 15 is 0 Å². The molecule has 2 aliphatic heterocycles. The number of carbonyl (C=O) groups excluding carboxylic acids is 2. The molecule has 1 atom stereocenters. The highest BCUT2D eigenvalue weighted by Gasteiger charge is 2.33. The van der Waals surface area contributed by atoms with Gasteiger partial charge in [-0.25, -0.2) is 9.78 Å². The van der Waals surface area contributed by atoms with Gasteiger partial charge in [-0.3, -0.25) is 14.6 Å². The van der Waals surface area contributed by atoms with Crippen molar-refractivity contribution in [2.45, 2.75) is 18.9 Å². The van der Waals surface area contributed by atoms with Gasteiger partial charge in [0.25, 0.3) is 0 Å². The summed E-state index contributed by atoms with van der Waals surface area (Å²) in [6.45, 7) is 2.18. The lowest BCUT2D eigenvalue weighted by Crippen LogP contribution is -2.41. The van der Waals surface area contributed by atoms with Gasteiger partial charge in [0.15, 0.2) is 0 Å². The monoisotopic (exact) mass is 330 g/mol. The lowest BCUT2D eigenvalue weighted by molar-refractivity contribution is -0.129.